The lowest BCUT2D eigenvalue weighted by atomic mass is 10.1. The van der Waals surface area contributed by atoms with Crippen LogP contribution in [0.4, 0.5) is 18.0 Å². The molecule has 122 valence electrons. The number of hydrogen-bond donors (Lipinski definition) is 2. The molecule has 9 heteroatoms. The summed E-state index contributed by atoms with van der Waals surface area (Å²) in [6.45, 7) is 1.55. The Bertz CT molecular complexity index is 355. The van der Waals surface area contributed by atoms with Crippen molar-refractivity contribution in [1.29, 1.82) is 0 Å². The second kappa shape index (κ2) is 8.06. The van der Waals surface area contributed by atoms with Crippen molar-refractivity contribution in [2.24, 2.45) is 0 Å². The molecule has 21 heavy (non-hydrogen) atoms. The van der Waals surface area contributed by atoms with Gasteiger partial charge in [-0.2, -0.15) is 13.2 Å². The fourth-order valence-corrected chi connectivity index (χ4v) is 1.98. The van der Waals surface area contributed by atoms with Crippen molar-refractivity contribution in [3.63, 3.8) is 0 Å². The van der Waals surface area contributed by atoms with Crippen LogP contribution in [0.2, 0.25) is 0 Å². The van der Waals surface area contributed by atoms with Crippen molar-refractivity contribution in [2.75, 3.05) is 32.8 Å². The van der Waals surface area contributed by atoms with E-state index in [2.05, 4.69) is 5.32 Å². The summed E-state index contributed by atoms with van der Waals surface area (Å²) in [6.07, 6.45) is -3.50. The highest BCUT2D eigenvalue weighted by molar-refractivity contribution is 5.78. The van der Waals surface area contributed by atoms with Crippen molar-refractivity contribution in [3.05, 3.63) is 0 Å². The third-order valence-electron chi connectivity index (χ3n) is 3.06. The minimum Gasteiger partial charge on any atom is -0.450 e. The SMILES string of the molecule is CCOC(=O)N1CCC(NCC(=O)NCC(F)(F)F)CC1. The van der Waals surface area contributed by atoms with Crippen LogP contribution in [0, 0.1) is 0 Å². The Morgan fingerprint density at radius 2 is 1.90 bits per heavy atom. The molecule has 0 bridgehead atoms. The largest absolute Gasteiger partial charge is 0.450 e. The standard InChI is InChI=1S/C12H20F3N3O3/c1-2-21-11(20)18-5-3-9(4-6-18)16-7-10(19)17-8-12(13,14)15/h9,16H,2-8H2,1H3,(H,17,19). The van der Waals surface area contributed by atoms with Crippen LogP contribution in [0.3, 0.4) is 0 Å². The van der Waals surface area contributed by atoms with Gasteiger partial charge in [0.15, 0.2) is 0 Å². The van der Waals surface area contributed by atoms with Crippen LogP contribution in [0.15, 0.2) is 0 Å². The second-order valence-electron chi connectivity index (χ2n) is 4.73. The molecule has 0 radical (unpaired) electrons. The van der Waals surface area contributed by atoms with Crippen molar-refractivity contribution >= 4 is 12.0 Å². The third-order valence-corrected chi connectivity index (χ3v) is 3.06. The average Bonchev–Trinajstić information content (AvgIpc) is 2.43. The van der Waals surface area contributed by atoms with Crippen molar-refractivity contribution in [3.8, 4) is 0 Å². The molecule has 6 nitrogen and oxygen atoms in total. The summed E-state index contributed by atoms with van der Waals surface area (Å²) in [5.74, 6) is -0.694. The van der Waals surface area contributed by atoms with Crippen molar-refractivity contribution in [2.45, 2.75) is 32.0 Å². The maximum absolute atomic E-state index is 11.9. The number of ether oxygens (including phenoxy) is 1. The second-order valence-corrected chi connectivity index (χ2v) is 4.73. The molecule has 1 heterocycles. The molecule has 2 N–H and O–H groups in total. The smallest absolute Gasteiger partial charge is 0.409 e. The van der Waals surface area contributed by atoms with Gasteiger partial charge < -0.3 is 20.3 Å². The van der Waals surface area contributed by atoms with E-state index in [4.69, 9.17) is 4.74 Å². The van der Waals surface area contributed by atoms with Gasteiger partial charge in [-0.25, -0.2) is 4.79 Å². The van der Waals surface area contributed by atoms with Gasteiger partial charge >= 0.3 is 12.3 Å². The molecule has 0 aromatic rings. The summed E-state index contributed by atoms with van der Waals surface area (Å²) in [5, 5.41) is 4.69. The zero-order chi connectivity index (χ0) is 15.9. The van der Waals surface area contributed by atoms with Gasteiger partial charge in [0.05, 0.1) is 13.2 Å². The molecule has 0 saturated carbocycles. The zero-order valence-corrected chi connectivity index (χ0v) is 11.8. The van der Waals surface area contributed by atoms with E-state index >= 15 is 0 Å². The quantitative estimate of drug-likeness (QED) is 0.790. The molecule has 0 aliphatic carbocycles. The Morgan fingerprint density at radius 1 is 1.29 bits per heavy atom. The molecule has 1 fully saturated rings. The number of alkyl halides is 3. The number of nitrogens with zero attached hydrogens (tertiary/aromatic N) is 1. The number of carbonyl (C=O) groups is 2. The maximum atomic E-state index is 11.9. The Hall–Kier alpha value is -1.51. The topological polar surface area (TPSA) is 70.7 Å². The first-order chi connectivity index (χ1) is 9.81. The molecule has 0 unspecified atom stereocenters. The van der Waals surface area contributed by atoms with Gasteiger partial charge in [-0.1, -0.05) is 0 Å². The van der Waals surface area contributed by atoms with Crippen molar-refractivity contribution in [1.82, 2.24) is 15.5 Å². The molecular formula is C12H20F3N3O3. The third kappa shape index (κ3) is 7.16. The summed E-state index contributed by atoms with van der Waals surface area (Å²) in [6, 6.07) is 0.00677. The number of halogens is 3. The van der Waals surface area contributed by atoms with E-state index in [-0.39, 0.29) is 18.7 Å². The highest BCUT2D eigenvalue weighted by Gasteiger charge is 2.28. The predicted molar refractivity (Wildman–Crippen MR) is 68.7 cm³/mol. The number of rotatable bonds is 5. The van der Waals surface area contributed by atoms with Crippen LogP contribution in [0.25, 0.3) is 0 Å². The van der Waals surface area contributed by atoms with Gasteiger partial charge in [0.25, 0.3) is 0 Å². The van der Waals surface area contributed by atoms with E-state index in [1.54, 1.807) is 17.1 Å². The monoisotopic (exact) mass is 311 g/mol. The lowest BCUT2D eigenvalue weighted by Gasteiger charge is -2.31. The molecule has 0 aromatic heterocycles. The van der Waals surface area contributed by atoms with Crippen LogP contribution in [0.5, 0.6) is 0 Å². The molecule has 2 amide bonds. The fourth-order valence-electron chi connectivity index (χ4n) is 1.98. The van der Waals surface area contributed by atoms with Crippen LogP contribution in [0.1, 0.15) is 19.8 Å². The van der Waals surface area contributed by atoms with Gasteiger partial charge in [0.1, 0.15) is 6.54 Å². The predicted octanol–water partition coefficient (Wildman–Crippen LogP) is 0.875. The lowest BCUT2D eigenvalue weighted by Crippen LogP contribution is -2.48. The molecule has 1 rings (SSSR count). The lowest BCUT2D eigenvalue weighted by molar-refractivity contribution is -0.138. The highest BCUT2D eigenvalue weighted by Crippen LogP contribution is 2.12. The fraction of sp³-hybridized carbons (Fsp3) is 0.833. The first kappa shape index (κ1) is 17.5. The van der Waals surface area contributed by atoms with Crippen molar-refractivity contribution < 1.29 is 27.5 Å². The van der Waals surface area contributed by atoms with Crippen LogP contribution in [-0.4, -0.2) is 61.9 Å². The molecule has 1 aliphatic rings. The Kier molecular flexibility index (Phi) is 6.73. The van der Waals surface area contributed by atoms with E-state index < -0.39 is 18.6 Å². The number of carbonyl (C=O) groups excluding carboxylic acids is 2. The molecule has 1 aliphatic heterocycles. The molecule has 1 saturated heterocycles. The highest BCUT2D eigenvalue weighted by atomic mass is 19.4. The summed E-state index contributed by atoms with van der Waals surface area (Å²) in [7, 11) is 0. The summed E-state index contributed by atoms with van der Waals surface area (Å²) in [5.41, 5.74) is 0. The first-order valence-electron chi connectivity index (χ1n) is 6.80. The van der Waals surface area contributed by atoms with Gasteiger partial charge in [0, 0.05) is 19.1 Å². The first-order valence-corrected chi connectivity index (χ1v) is 6.80. The van der Waals surface area contributed by atoms with Crippen LogP contribution >= 0.6 is 0 Å². The van der Waals surface area contributed by atoms with Crippen LogP contribution in [-0.2, 0) is 9.53 Å². The van der Waals surface area contributed by atoms with E-state index in [0.29, 0.717) is 32.5 Å². The Balaban J connectivity index is 2.18. The van der Waals surface area contributed by atoms with E-state index in [1.807, 2.05) is 0 Å². The van der Waals surface area contributed by atoms with Gasteiger partial charge in [-0.05, 0) is 19.8 Å². The Morgan fingerprint density at radius 3 is 2.43 bits per heavy atom. The summed E-state index contributed by atoms with van der Waals surface area (Å²) < 4.78 is 40.6. The zero-order valence-electron chi connectivity index (χ0n) is 11.8. The van der Waals surface area contributed by atoms with Gasteiger partial charge in [-0.15, -0.1) is 0 Å². The number of likely N-dealkylation sites (tertiary alicyclic amines) is 1. The molecule has 0 spiro atoms. The molecule has 0 atom stereocenters. The van der Waals surface area contributed by atoms with Crippen LogP contribution < -0.4 is 10.6 Å². The van der Waals surface area contributed by atoms with E-state index in [0.717, 1.165) is 0 Å². The maximum Gasteiger partial charge on any atom is 0.409 e. The van der Waals surface area contributed by atoms with E-state index in [1.165, 1.54) is 0 Å². The molecule has 0 aromatic carbocycles. The minimum atomic E-state index is -4.40. The Labute approximate surface area is 121 Å². The number of nitrogens with one attached hydrogen (secondary N) is 2. The van der Waals surface area contributed by atoms with Gasteiger partial charge in [-0.3, -0.25) is 4.79 Å². The number of amides is 2. The minimum absolute atomic E-state index is 0.00677. The summed E-state index contributed by atoms with van der Waals surface area (Å²) in [4.78, 5) is 24.3. The van der Waals surface area contributed by atoms with E-state index in [9.17, 15) is 22.8 Å². The van der Waals surface area contributed by atoms with Gasteiger partial charge in [0.2, 0.25) is 5.91 Å². The molecular weight excluding hydrogens is 291 g/mol. The normalized spacial score (nSPS) is 16.7. The number of piperidine rings is 1. The average molecular weight is 311 g/mol. The summed E-state index contributed by atoms with van der Waals surface area (Å²) >= 11 is 0. The number of hydrogen-bond acceptors (Lipinski definition) is 4.